The highest BCUT2D eigenvalue weighted by atomic mass is 127. The smallest absolute Gasteiger partial charge is 0.416 e. The average Bonchev–Trinajstić information content (AvgIpc) is 3.60. The predicted molar refractivity (Wildman–Crippen MR) is 132 cm³/mol. The molecule has 2 atom stereocenters. The molecule has 2 aliphatic rings. The molecule has 188 valence electrons. The Hall–Kier alpha value is -2.34. The molecular weight excluding hydrogens is 579 g/mol. The van der Waals surface area contributed by atoms with Gasteiger partial charge in [-0.2, -0.15) is 13.2 Å². The summed E-state index contributed by atoms with van der Waals surface area (Å²) in [4.78, 5) is 26.3. The highest BCUT2D eigenvalue weighted by Crippen LogP contribution is 2.46. The van der Waals surface area contributed by atoms with Gasteiger partial charge in [0, 0.05) is 25.9 Å². The lowest BCUT2D eigenvalue weighted by atomic mass is 9.96. The van der Waals surface area contributed by atoms with Gasteiger partial charge in [-0.15, -0.1) is 0 Å². The molecule has 0 spiro atoms. The molecule has 2 unspecified atom stereocenters. The van der Waals surface area contributed by atoms with Gasteiger partial charge < -0.3 is 10.4 Å². The molecule has 2 aromatic carbocycles. The zero-order chi connectivity index (χ0) is 25.4. The number of benzene rings is 2. The fourth-order valence-corrected chi connectivity index (χ4v) is 5.84. The second-order valence-corrected chi connectivity index (χ2v) is 11.8. The molecule has 1 saturated carbocycles. The van der Waals surface area contributed by atoms with Crippen molar-refractivity contribution in [2.75, 3.05) is 6.54 Å². The Balaban J connectivity index is 1.55. The van der Waals surface area contributed by atoms with Gasteiger partial charge in [0.15, 0.2) is 3.68 Å². The number of halogens is 5. The highest BCUT2D eigenvalue weighted by Gasteiger charge is 2.49. The van der Waals surface area contributed by atoms with E-state index in [-0.39, 0.29) is 37.4 Å². The number of nitrogens with zero attached hydrogens (tertiary/aromatic N) is 1. The molecule has 0 aromatic heterocycles. The maximum Gasteiger partial charge on any atom is 0.416 e. The van der Waals surface area contributed by atoms with Crippen LogP contribution in [0.2, 0.25) is 0 Å². The fourth-order valence-electron chi connectivity index (χ4n) is 4.49. The van der Waals surface area contributed by atoms with E-state index in [0.717, 1.165) is 17.7 Å². The zero-order valence-corrected chi connectivity index (χ0v) is 20.9. The summed E-state index contributed by atoms with van der Waals surface area (Å²) < 4.78 is 57.1. The van der Waals surface area contributed by atoms with E-state index in [0.29, 0.717) is 18.4 Å². The highest BCUT2D eigenvalue weighted by molar-refractivity contribution is 14.2. The molecule has 0 bridgehead atoms. The van der Waals surface area contributed by atoms with E-state index in [1.165, 1.54) is 18.2 Å². The van der Waals surface area contributed by atoms with Crippen molar-refractivity contribution in [3.05, 3.63) is 70.8 Å². The molecule has 35 heavy (non-hydrogen) atoms. The first kappa shape index (κ1) is 25.7. The van der Waals surface area contributed by atoms with Crippen LogP contribution < -0.4 is 5.32 Å². The molecule has 4 rings (SSSR count). The molecule has 1 aliphatic heterocycles. The van der Waals surface area contributed by atoms with Gasteiger partial charge >= 0.3 is 12.1 Å². The Bertz CT molecular complexity index is 1130. The average molecular weight is 604 g/mol. The van der Waals surface area contributed by atoms with Crippen LogP contribution in [0, 0.1) is 0 Å². The van der Waals surface area contributed by atoms with E-state index in [9.17, 15) is 22.8 Å². The van der Waals surface area contributed by atoms with Crippen LogP contribution in [0.3, 0.4) is 0 Å². The topological polar surface area (TPSA) is 69.6 Å². The second-order valence-electron chi connectivity index (χ2n) is 9.08. The molecule has 10 heteroatoms. The van der Waals surface area contributed by atoms with Crippen LogP contribution in [0.4, 0.5) is 17.6 Å². The second kappa shape index (κ2) is 9.61. The van der Waals surface area contributed by atoms with Crippen molar-refractivity contribution in [3.63, 3.8) is 0 Å². The largest absolute Gasteiger partial charge is 0.478 e. The first-order chi connectivity index (χ1) is 16.4. The molecule has 1 heterocycles. The van der Waals surface area contributed by atoms with Crippen LogP contribution in [0.25, 0.3) is 0 Å². The van der Waals surface area contributed by atoms with E-state index < -0.39 is 53.7 Å². The minimum absolute atomic E-state index is 0.0530. The van der Waals surface area contributed by atoms with Gasteiger partial charge in [0.2, 0.25) is 5.91 Å². The summed E-state index contributed by atoms with van der Waals surface area (Å²) in [5.74, 6) is -1.43. The lowest BCUT2D eigenvalue weighted by molar-refractivity contribution is -0.137. The number of hydrogen-bond acceptors (Lipinski definition) is 3. The molecule has 0 radical (unpaired) electrons. The van der Waals surface area contributed by atoms with Crippen LogP contribution in [0.5, 0.6) is 0 Å². The number of amides is 1. The first-order valence-corrected chi connectivity index (χ1v) is 13.7. The van der Waals surface area contributed by atoms with E-state index in [4.69, 9.17) is 5.11 Å². The predicted octanol–water partition coefficient (Wildman–Crippen LogP) is 5.24. The summed E-state index contributed by atoms with van der Waals surface area (Å²) in [5.41, 5.74) is -0.104. The number of carboxylic acids is 1. The van der Waals surface area contributed by atoms with Crippen molar-refractivity contribution in [2.24, 2.45) is 0 Å². The monoisotopic (exact) mass is 604 g/mol. The standard InChI is InChI=1S/C25H25F4IN2O3/c1-30-24(26)11-12-32(15-16-3-2-4-19(13-16)25(27,28)29)20(14-24)21(33)31-23(9-10-23)18-7-5-17(6-8-18)22(34)35/h2-8,13,20H,1,9-12,14-15H2,(H,31,33)(H,34,35). The third kappa shape index (κ3) is 5.74. The summed E-state index contributed by atoms with van der Waals surface area (Å²) in [6.07, 6.45) is -3.02. The normalized spacial score (nSPS) is 24.1. The van der Waals surface area contributed by atoms with Crippen LogP contribution in [-0.4, -0.2) is 42.7 Å². The number of hydrogen-bond donors (Lipinski definition) is 2. The van der Waals surface area contributed by atoms with Gasteiger partial charge in [0.1, 0.15) is 0 Å². The number of carboxylic acid groups (broad SMARTS) is 1. The van der Waals surface area contributed by atoms with Crippen LogP contribution in [0.1, 0.15) is 52.7 Å². The Kier molecular flexibility index (Phi) is 7.07. The summed E-state index contributed by atoms with van der Waals surface area (Å²) in [5, 5.41) is 12.2. The minimum Gasteiger partial charge on any atom is -0.478 e. The Labute approximate surface area is 210 Å². The fraction of sp³-hybridized carbons (Fsp3) is 0.400. The maximum absolute atomic E-state index is 15.3. The molecule has 5 nitrogen and oxygen atoms in total. The van der Waals surface area contributed by atoms with Crippen molar-refractivity contribution >= 4 is 37.1 Å². The van der Waals surface area contributed by atoms with Gasteiger partial charge in [-0.25, -0.2) is 9.18 Å². The molecular formula is C25H25F4IN2O3. The summed E-state index contributed by atoms with van der Waals surface area (Å²) >= 11 is -1.05. The minimum atomic E-state index is -4.48. The van der Waals surface area contributed by atoms with Gasteiger partial charge in [0.25, 0.3) is 0 Å². The number of nitrogens with one attached hydrogen (secondary N) is 1. The Morgan fingerprint density at radius 1 is 1.14 bits per heavy atom. The quantitative estimate of drug-likeness (QED) is 0.258. The van der Waals surface area contributed by atoms with Crippen molar-refractivity contribution in [1.82, 2.24) is 10.2 Å². The van der Waals surface area contributed by atoms with Gasteiger partial charge in [0.05, 0.1) is 22.7 Å². The van der Waals surface area contributed by atoms with Gasteiger partial charge in [-0.1, -0.05) is 55.6 Å². The molecule has 1 saturated heterocycles. The number of piperidine rings is 1. The number of rotatable bonds is 7. The van der Waals surface area contributed by atoms with Crippen molar-refractivity contribution in [3.8, 4) is 0 Å². The molecule has 2 N–H and O–H groups in total. The van der Waals surface area contributed by atoms with Gasteiger partial charge in [-0.3, -0.25) is 9.69 Å². The Morgan fingerprint density at radius 3 is 2.40 bits per heavy atom. The number of aromatic carboxylic acids is 1. The maximum atomic E-state index is 15.3. The molecule has 2 fully saturated rings. The Morgan fingerprint density at radius 2 is 1.83 bits per heavy atom. The van der Waals surface area contributed by atoms with Crippen molar-refractivity contribution < 1.29 is 32.3 Å². The zero-order valence-electron chi connectivity index (χ0n) is 18.7. The van der Waals surface area contributed by atoms with Crippen LogP contribution >= 0.6 is 20.7 Å². The number of carbonyl (C=O) groups is 2. The number of likely N-dealkylation sites (tertiary alicyclic amines) is 1. The van der Waals surface area contributed by atoms with E-state index >= 15 is 4.39 Å². The molecule has 1 amide bonds. The summed E-state index contributed by atoms with van der Waals surface area (Å²) in [6.45, 7) is 0.328. The lowest BCUT2D eigenvalue weighted by Crippen LogP contribution is -2.55. The number of alkyl halides is 5. The summed E-state index contributed by atoms with van der Waals surface area (Å²) in [7, 11) is 0. The van der Waals surface area contributed by atoms with E-state index in [1.54, 1.807) is 23.1 Å². The van der Waals surface area contributed by atoms with Crippen LogP contribution in [-0.2, 0) is 23.1 Å². The first-order valence-electron chi connectivity index (χ1n) is 11.1. The summed E-state index contributed by atoms with van der Waals surface area (Å²) in [6, 6.07) is 10.4. The van der Waals surface area contributed by atoms with Crippen molar-refractivity contribution in [1.29, 1.82) is 0 Å². The molecule has 2 aromatic rings. The number of carbonyl (C=O) groups excluding carboxylic acids is 1. The van der Waals surface area contributed by atoms with E-state index in [1.807, 2.05) is 0 Å². The third-order valence-electron chi connectivity index (χ3n) is 6.68. The van der Waals surface area contributed by atoms with E-state index in [2.05, 4.69) is 9.83 Å². The SMILES string of the molecule is C=IC1(F)CCN(Cc2cccc(C(F)(F)F)c2)C(C(=O)NC2(c3ccc(C(=O)O)cc3)CC2)C1. The van der Waals surface area contributed by atoms with Crippen molar-refractivity contribution in [2.45, 2.75) is 53.7 Å². The molecule has 1 aliphatic carbocycles. The lowest BCUT2D eigenvalue weighted by Gasteiger charge is -2.41. The van der Waals surface area contributed by atoms with Gasteiger partial charge in [-0.05, 0) is 42.2 Å². The third-order valence-corrected chi connectivity index (χ3v) is 9.02. The van der Waals surface area contributed by atoms with Crippen LogP contribution in [0.15, 0.2) is 48.5 Å².